The fourth-order valence-corrected chi connectivity index (χ4v) is 1.95. The van der Waals surface area contributed by atoms with Gasteiger partial charge in [0.15, 0.2) is 0 Å². The standard InChI is InChI=1S/C15H19NO2/c1-2-9-16-14(15-4-3-10-18-15)11-12-5-7-13(17)8-6-12/h3-8,10,14,16-17H,2,9,11H2,1H3. The fraction of sp³-hybridized carbons (Fsp3) is 0.333. The lowest BCUT2D eigenvalue weighted by molar-refractivity contribution is 0.410. The molecule has 0 aliphatic heterocycles. The number of rotatable bonds is 6. The second kappa shape index (κ2) is 6.26. The minimum Gasteiger partial charge on any atom is -0.508 e. The molecule has 0 radical (unpaired) electrons. The first-order valence-electron chi connectivity index (χ1n) is 6.34. The van der Waals surface area contributed by atoms with Gasteiger partial charge in [-0.1, -0.05) is 19.1 Å². The lowest BCUT2D eigenvalue weighted by Crippen LogP contribution is -2.23. The van der Waals surface area contributed by atoms with Gasteiger partial charge in [-0.25, -0.2) is 0 Å². The second-order valence-corrected chi connectivity index (χ2v) is 4.39. The number of aromatic hydroxyl groups is 1. The summed E-state index contributed by atoms with van der Waals surface area (Å²) in [5.74, 6) is 1.26. The molecular formula is C15H19NO2. The molecule has 1 aromatic heterocycles. The van der Waals surface area contributed by atoms with Gasteiger partial charge in [0.25, 0.3) is 0 Å². The number of phenols is 1. The van der Waals surface area contributed by atoms with Gasteiger partial charge in [-0.2, -0.15) is 0 Å². The Bertz CT molecular complexity index is 448. The maximum atomic E-state index is 9.28. The minimum absolute atomic E-state index is 0.185. The molecule has 1 unspecified atom stereocenters. The molecule has 1 aromatic carbocycles. The van der Waals surface area contributed by atoms with Crippen LogP contribution in [0.4, 0.5) is 0 Å². The molecule has 0 bridgehead atoms. The van der Waals surface area contributed by atoms with Crippen LogP contribution in [0.3, 0.4) is 0 Å². The number of nitrogens with one attached hydrogen (secondary N) is 1. The number of hydrogen-bond donors (Lipinski definition) is 2. The number of hydrogen-bond acceptors (Lipinski definition) is 3. The molecule has 0 saturated carbocycles. The Morgan fingerprint density at radius 3 is 2.61 bits per heavy atom. The van der Waals surface area contributed by atoms with Crippen molar-refractivity contribution in [2.45, 2.75) is 25.8 Å². The number of benzene rings is 1. The van der Waals surface area contributed by atoms with Crippen LogP contribution < -0.4 is 5.32 Å². The number of furan rings is 1. The molecule has 18 heavy (non-hydrogen) atoms. The first-order valence-corrected chi connectivity index (χ1v) is 6.34. The molecule has 0 fully saturated rings. The Morgan fingerprint density at radius 1 is 1.22 bits per heavy atom. The van der Waals surface area contributed by atoms with Crippen molar-refractivity contribution in [3.05, 3.63) is 54.0 Å². The zero-order chi connectivity index (χ0) is 12.8. The highest BCUT2D eigenvalue weighted by Crippen LogP contribution is 2.20. The molecule has 0 aliphatic carbocycles. The van der Waals surface area contributed by atoms with E-state index < -0.39 is 0 Å². The molecule has 3 nitrogen and oxygen atoms in total. The molecule has 1 heterocycles. The van der Waals surface area contributed by atoms with Crippen molar-refractivity contribution in [1.82, 2.24) is 5.32 Å². The predicted molar refractivity (Wildman–Crippen MR) is 71.6 cm³/mol. The topological polar surface area (TPSA) is 45.4 Å². The summed E-state index contributed by atoms with van der Waals surface area (Å²) < 4.78 is 5.48. The maximum absolute atomic E-state index is 9.28. The Kier molecular flexibility index (Phi) is 4.42. The molecule has 0 saturated heterocycles. The van der Waals surface area contributed by atoms with E-state index in [1.54, 1.807) is 18.4 Å². The Morgan fingerprint density at radius 2 is 2.00 bits per heavy atom. The third-order valence-corrected chi connectivity index (χ3v) is 2.90. The van der Waals surface area contributed by atoms with Crippen LogP contribution in [0.1, 0.15) is 30.7 Å². The summed E-state index contributed by atoms with van der Waals surface area (Å²) in [4.78, 5) is 0. The van der Waals surface area contributed by atoms with Gasteiger partial charge in [-0.05, 0) is 49.2 Å². The van der Waals surface area contributed by atoms with E-state index >= 15 is 0 Å². The van der Waals surface area contributed by atoms with E-state index in [0.29, 0.717) is 5.75 Å². The van der Waals surface area contributed by atoms with Gasteiger partial charge in [-0.3, -0.25) is 0 Å². The lowest BCUT2D eigenvalue weighted by Gasteiger charge is -2.16. The van der Waals surface area contributed by atoms with Crippen LogP contribution in [0.25, 0.3) is 0 Å². The molecule has 0 amide bonds. The van der Waals surface area contributed by atoms with Crippen molar-refractivity contribution < 1.29 is 9.52 Å². The second-order valence-electron chi connectivity index (χ2n) is 4.39. The Hall–Kier alpha value is -1.74. The first kappa shape index (κ1) is 12.7. The van der Waals surface area contributed by atoms with Gasteiger partial charge in [0, 0.05) is 0 Å². The third-order valence-electron chi connectivity index (χ3n) is 2.90. The Balaban J connectivity index is 2.07. The summed E-state index contributed by atoms with van der Waals surface area (Å²) in [6.45, 7) is 3.11. The van der Waals surface area contributed by atoms with Crippen LogP contribution in [-0.4, -0.2) is 11.7 Å². The van der Waals surface area contributed by atoms with Gasteiger partial charge < -0.3 is 14.8 Å². The molecule has 2 N–H and O–H groups in total. The van der Waals surface area contributed by atoms with Crippen LogP contribution in [0.5, 0.6) is 5.75 Å². The van der Waals surface area contributed by atoms with Crippen molar-refractivity contribution >= 4 is 0 Å². The van der Waals surface area contributed by atoms with E-state index in [0.717, 1.165) is 25.1 Å². The van der Waals surface area contributed by atoms with Crippen LogP contribution in [0, 0.1) is 0 Å². The largest absolute Gasteiger partial charge is 0.508 e. The highest BCUT2D eigenvalue weighted by atomic mass is 16.3. The third kappa shape index (κ3) is 3.37. The molecule has 2 rings (SSSR count). The Labute approximate surface area is 107 Å². The van der Waals surface area contributed by atoms with E-state index in [-0.39, 0.29) is 6.04 Å². The molecule has 3 heteroatoms. The zero-order valence-electron chi connectivity index (χ0n) is 10.6. The smallest absolute Gasteiger partial charge is 0.121 e. The quantitative estimate of drug-likeness (QED) is 0.821. The van der Waals surface area contributed by atoms with E-state index in [9.17, 15) is 5.11 Å². The van der Waals surface area contributed by atoms with Crippen molar-refractivity contribution in [1.29, 1.82) is 0 Å². The molecule has 1 atom stereocenters. The van der Waals surface area contributed by atoms with Crippen LogP contribution >= 0.6 is 0 Å². The van der Waals surface area contributed by atoms with E-state index in [1.165, 1.54) is 5.56 Å². The highest BCUT2D eigenvalue weighted by molar-refractivity contribution is 5.27. The molecule has 0 spiro atoms. The van der Waals surface area contributed by atoms with Gasteiger partial charge >= 0.3 is 0 Å². The van der Waals surface area contributed by atoms with Crippen molar-refractivity contribution in [3.63, 3.8) is 0 Å². The average Bonchev–Trinajstić information content (AvgIpc) is 2.90. The predicted octanol–water partition coefficient (Wildman–Crippen LogP) is 3.27. The first-order chi connectivity index (χ1) is 8.79. The molecular weight excluding hydrogens is 226 g/mol. The highest BCUT2D eigenvalue weighted by Gasteiger charge is 2.13. The van der Waals surface area contributed by atoms with E-state index in [2.05, 4.69) is 12.2 Å². The van der Waals surface area contributed by atoms with E-state index in [4.69, 9.17) is 4.42 Å². The summed E-state index contributed by atoms with van der Waals surface area (Å²) in [5.41, 5.74) is 1.18. The fourth-order valence-electron chi connectivity index (χ4n) is 1.95. The summed E-state index contributed by atoms with van der Waals surface area (Å²) in [7, 11) is 0. The average molecular weight is 245 g/mol. The minimum atomic E-state index is 0.185. The van der Waals surface area contributed by atoms with Crippen LogP contribution in [0.15, 0.2) is 47.1 Å². The van der Waals surface area contributed by atoms with Crippen LogP contribution in [0.2, 0.25) is 0 Å². The summed E-state index contributed by atoms with van der Waals surface area (Å²) in [6.07, 6.45) is 3.65. The van der Waals surface area contributed by atoms with Gasteiger partial charge in [0.05, 0.1) is 12.3 Å². The van der Waals surface area contributed by atoms with E-state index in [1.807, 2.05) is 24.3 Å². The van der Waals surface area contributed by atoms with Gasteiger partial charge in [0.1, 0.15) is 11.5 Å². The van der Waals surface area contributed by atoms with Crippen LogP contribution in [-0.2, 0) is 6.42 Å². The summed E-state index contributed by atoms with van der Waals surface area (Å²) in [6, 6.07) is 11.4. The number of phenolic OH excluding ortho intramolecular Hbond substituents is 1. The zero-order valence-corrected chi connectivity index (χ0v) is 10.6. The van der Waals surface area contributed by atoms with Crippen molar-refractivity contribution in [3.8, 4) is 5.75 Å². The summed E-state index contributed by atoms with van der Waals surface area (Å²) in [5, 5.41) is 12.8. The van der Waals surface area contributed by atoms with Gasteiger partial charge in [0.2, 0.25) is 0 Å². The molecule has 96 valence electrons. The summed E-state index contributed by atoms with van der Waals surface area (Å²) >= 11 is 0. The molecule has 0 aliphatic rings. The van der Waals surface area contributed by atoms with Crippen molar-refractivity contribution in [2.75, 3.05) is 6.54 Å². The normalized spacial score (nSPS) is 12.5. The van der Waals surface area contributed by atoms with Gasteiger partial charge in [-0.15, -0.1) is 0 Å². The lowest BCUT2D eigenvalue weighted by atomic mass is 10.0. The monoisotopic (exact) mass is 245 g/mol. The molecule has 2 aromatic rings. The maximum Gasteiger partial charge on any atom is 0.121 e. The SMILES string of the molecule is CCCNC(Cc1ccc(O)cc1)c1ccco1. The van der Waals surface area contributed by atoms with Crippen molar-refractivity contribution in [2.24, 2.45) is 0 Å².